The third kappa shape index (κ3) is 4.83. The van der Waals surface area contributed by atoms with E-state index >= 15 is 0 Å². The highest BCUT2D eigenvalue weighted by Gasteiger charge is 2.45. The molecule has 5 N–H and O–H groups in total. The molecule has 0 aliphatic carbocycles. The number of methoxy groups -OCH3 is 2. The zero-order chi connectivity index (χ0) is 24.5. The third-order valence-electron chi connectivity index (χ3n) is 5.31. The van der Waals surface area contributed by atoms with Crippen LogP contribution in [0.2, 0.25) is 0 Å². The van der Waals surface area contributed by atoms with Gasteiger partial charge in [0.05, 0.1) is 27.2 Å². The summed E-state index contributed by atoms with van der Waals surface area (Å²) in [6, 6.07) is 5.49. The average molecular weight is 497 g/mol. The smallest absolute Gasteiger partial charge is 0.469 e. The van der Waals surface area contributed by atoms with Crippen LogP contribution < -0.4 is 14.8 Å². The molecule has 0 unspecified atom stereocenters. The molecule has 1 aromatic carbocycles. The van der Waals surface area contributed by atoms with Gasteiger partial charge in [0.25, 0.3) is 0 Å². The molecular formula is C19H24N5O9P. The number of nitrogens with one attached hydrogen (secondary N) is 1. The van der Waals surface area contributed by atoms with Gasteiger partial charge in [-0.05, 0) is 6.07 Å². The van der Waals surface area contributed by atoms with Crippen LogP contribution in [0.1, 0.15) is 11.8 Å². The average Bonchev–Trinajstić information content (AvgIpc) is 3.36. The van der Waals surface area contributed by atoms with Gasteiger partial charge in [0.15, 0.2) is 34.7 Å². The topological polar surface area (TPSA) is 191 Å². The molecule has 0 spiro atoms. The van der Waals surface area contributed by atoms with E-state index < -0.39 is 39.0 Å². The van der Waals surface area contributed by atoms with Gasteiger partial charge in [0.2, 0.25) is 0 Å². The normalized spacial score (nSPS) is 22.8. The Morgan fingerprint density at radius 3 is 2.65 bits per heavy atom. The molecular weight excluding hydrogens is 473 g/mol. The summed E-state index contributed by atoms with van der Waals surface area (Å²) in [4.78, 5) is 30.5. The first kappa shape index (κ1) is 24.3. The number of benzene rings is 1. The second kappa shape index (κ2) is 9.80. The predicted molar refractivity (Wildman–Crippen MR) is 116 cm³/mol. The highest BCUT2D eigenvalue weighted by molar-refractivity contribution is 7.46. The van der Waals surface area contributed by atoms with E-state index in [0.29, 0.717) is 35.0 Å². The minimum absolute atomic E-state index is 0.308. The Balaban J connectivity index is 1.55. The summed E-state index contributed by atoms with van der Waals surface area (Å²) in [6.45, 7) is -0.280. The van der Waals surface area contributed by atoms with Gasteiger partial charge in [-0.25, -0.2) is 19.5 Å². The van der Waals surface area contributed by atoms with Crippen LogP contribution in [0, 0.1) is 0 Å². The number of para-hydroxylation sites is 1. The van der Waals surface area contributed by atoms with Crippen molar-refractivity contribution in [1.29, 1.82) is 0 Å². The fraction of sp³-hybridized carbons (Fsp3) is 0.421. The van der Waals surface area contributed by atoms with Crippen LogP contribution in [-0.4, -0.2) is 78.7 Å². The van der Waals surface area contributed by atoms with Crippen molar-refractivity contribution in [2.24, 2.45) is 0 Å². The Morgan fingerprint density at radius 1 is 1.15 bits per heavy atom. The zero-order valence-electron chi connectivity index (χ0n) is 18.2. The fourth-order valence-corrected chi connectivity index (χ4v) is 4.05. The second-order valence-corrected chi connectivity index (χ2v) is 8.62. The number of aliphatic hydroxyl groups excluding tert-OH is 2. The number of rotatable bonds is 9. The number of imidazole rings is 1. The number of hydrogen-bond acceptors (Lipinski definition) is 11. The number of aromatic nitrogens is 4. The maximum atomic E-state index is 11.0. The van der Waals surface area contributed by atoms with Gasteiger partial charge in [-0.15, -0.1) is 0 Å². The molecule has 1 saturated heterocycles. The monoisotopic (exact) mass is 497 g/mol. The molecule has 34 heavy (non-hydrogen) atoms. The lowest BCUT2D eigenvalue weighted by atomic mass is 10.1. The maximum absolute atomic E-state index is 11.0. The highest BCUT2D eigenvalue weighted by Crippen LogP contribution is 2.39. The lowest BCUT2D eigenvalue weighted by Crippen LogP contribution is -2.33. The number of phosphoric ester groups is 1. The van der Waals surface area contributed by atoms with Crippen LogP contribution in [-0.2, 0) is 20.4 Å². The van der Waals surface area contributed by atoms with Crippen LogP contribution in [0.4, 0.5) is 5.82 Å². The standard InChI is InChI=1S/C19H24N5O9P/c1-30-11-5-3-4-10(16(11)31-2)6-20-17-13-18(22-8-21-17)24(9-23-13)19-15(26)14(25)12(33-19)7-32-34(27,28)29/h3-5,8-9,12,14-15,19,25-26H,6-7H2,1-2H3,(H,20,21,22)(H2,27,28,29)/t12-,14-,15-,19-/m1/s1. The lowest BCUT2D eigenvalue weighted by Gasteiger charge is -2.17. The van der Waals surface area contributed by atoms with E-state index in [1.807, 2.05) is 12.1 Å². The van der Waals surface area contributed by atoms with Gasteiger partial charge in [0, 0.05) is 12.1 Å². The zero-order valence-corrected chi connectivity index (χ0v) is 19.1. The second-order valence-electron chi connectivity index (χ2n) is 7.39. The molecule has 0 bridgehead atoms. The van der Waals surface area contributed by atoms with Crippen LogP contribution in [0.3, 0.4) is 0 Å². The number of hydrogen-bond donors (Lipinski definition) is 5. The molecule has 1 fully saturated rings. The van der Waals surface area contributed by atoms with E-state index in [2.05, 4.69) is 24.8 Å². The molecule has 0 radical (unpaired) electrons. The summed E-state index contributed by atoms with van der Waals surface area (Å²) in [5.41, 5.74) is 1.51. The SMILES string of the molecule is COc1cccc(CNc2ncnc3c2ncn3[C@@H]2O[C@H](COP(=O)(O)O)[C@@H](O)[C@H]2O)c1OC. The first-order valence-electron chi connectivity index (χ1n) is 10.1. The van der Waals surface area contributed by atoms with Crippen LogP contribution in [0.25, 0.3) is 11.2 Å². The van der Waals surface area contributed by atoms with Crippen molar-refractivity contribution in [3.05, 3.63) is 36.4 Å². The molecule has 0 amide bonds. The summed E-state index contributed by atoms with van der Waals surface area (Å²) in [5.74, 6) is 1.57. The van der Waals surface area contributed by atoms with E-state index in [9.17, 15) is 14.8 Å². The summed E-state index contributed by atoms with van der Waals surface area (Å²) in [6.07, 6.45) is -2.50. The van der Waals surface area contributed by atoms with Crippen molar-refractivity contribution in [3.63, 3.8) is 0 Å². The fourth-order valence-electron chi connectivity index (χ4n) is 3.71. The highest BCUT2D eigenvalue weighted by atomic mass is 31.2. The van der Waals surface area contributed by atoms with Crippen molar-refractivity contribution < 1.29 is 43.3 Å². The van der Waals surface area contributed by atoms with Crippen LogP contribution >= 0.6 is 7.82 Å². The molecule has 3 heterocycles. The van der Waals surface area contributed by atoms with E-state index in [4.69, 9.17) is 24.0 Å². The molecule has 14 nitrogen and oxygen atoms in total. The van der Waals surface area contributed by atoms with Crippen LogP contribution in [0.15, 0.2) is 30.9 Å². The number of nitrogens with zero attached hydrogens (tertiary/aromatic N) is 4. The summed E-state index contributed by atoms with van der Waals surface area (Å²) < 4.78 is 33.1. The van der Waals surface area contributed by atoms with Gasteiger partial charge >= 0.3 is 7.82 Å². The number of phosphoric acid groups is 1. The van der Waals surface area contributed by atoms with Gasteiger partial charge in [-0.3, -0.25) is 9.09 Å². The molecule has 4 rings (SSSR count). The number of ether oxygens (including phenoxy) is 3. The Hall–Kier alpha value is -2.84. The predicted octanol–water partition coefficient (Wildman–Crippen LogP) is 0.184. The minimum atomic E-state index is -4.77. The maximum Gasteiger partial charge on any atom is 0.469 e. The first-order valence-corrected chi connectivity index (χ1v) is 11.6. The molecule has 184 valence electrons. The van der Waals surface area contributed by atoms with E-state index in [1.54, 1.807) is 20.3 Å². The van der Waals surface area contributed by atoms with E-state index in [1.165, 1.54) is 17.2 Å². The van der Waals surface area contributed by atoms with Gasteiger partial charge in [-0.2, -0.15) is 0 Å². The molecule has 15 heteroatoms. The Labute approximate surface area is 193 Å². The van der Waals surface area contributed by atoms with Gasteiger partial charge < -0.3 is 39.5 Å². The Bertz CT molecular complexity index is 1200. The summed E-state index contributed by atoms with van der Waals surface area (Å²) in [5, 5.41) is 23.9. The number of anilines is 1. The molecule has 0 saturated carbocycles. The van der Waals surface area contributed by atoms with E-state index in [-0.39, 0.29) is 0 Å². The largest absolute Gasteiger partial charge is 0.493 e. The Morgan fingerprint density at radius 2 is 1.94 bits per heavy atom. The van der Waals surface area contributed by atoms with Crippen molar-refractivity contribution in [2.45, 2.75) is 31.1 Å². The quantitative estimate of drug-likeness (QED) is 0.252. The summed E-state index contributed by atoms with van der Waals surface area (Å²) in [7, 11) is -1.67. The molecule has 3 aromatic rings. The van der Waals surface area contributed by atoms with Crippen molar-refractivity contribution in [3.8, 4) is 11.5 Å². The molecule has 2 aromatic heterocycles. The van der Waals surface area contributed by atoms with Gasteiger partial charge in [0.1, 0.15) is 24.6 Å². The number of fused-ring (bicyclic) bond motifs is 1. The Kier molecular flexibility index (Phi) is 7.00. The van der Waals surface area contributed by atoms with Crippen molar-refractivity contribution in [2.75, 3.05) is 26.1 Å². The first-order chi connectivity index (χ1) is 16.2. The molecule has 1 aliphatic heterocycles. The third-order valence-corrected chi connectivity index (χ3v) is 5.79. The van der Waals surface area contributed by atoms with Crippen molar-refractivity contribution >= 4 is 24.8 Å². The van der Waals surface area contributed by atoms with Gasteiger partial charge in [-0.1, -0.05) is 12.1 Å². The summed E-state index contributed by atoms with van der Waals surface area (Å²) >= 11 is 0. The van der Waals surface area contributed by atoms with Crippen molar-refractivity contribution in [1.82, 2.24) is 19.5 Å². The lowest BCUT2D eigenvalue weighted by molar-refractivity contribution is -0.0504. The molecule has 1 aliphatic rings. The molecule has 4 atom stereocenters. The van der Waals surface area contributed by atoms with Crippen LogP contribution in [0.5, 0.6) is 11.5 Å². The van der Waals surface area contributed by atoms with E-state index in [0.717, 1.165) is 5.56 Å². The minimum Gasteiger partial charge on any atom is -0.493 e. The number of aliphatic hydroxyl groups is 2.